The Morgan fingerprint density at radius 3 is 2.33 bits per heavy atom. The number of carboxylic acid groups (broad SMARTS) is 1. The van der Waals surface area contributed by atoms with E-state index in [2.05, 4.69) is 0 Å². The van der Waals surface area contributed by atoms with Crippen molar-refractivity contribution in [2.75, 3.05) is 20.8 Å². The topological polar surface area (TPSA) is 76.1 Å². The molecule has 0 aliphatic carbocycles. The molecule has 1 aliphatic rings. The van der Waals surface area contributed by atoms with Crippen LogP contribution in [0.1, 0.15) is 39.5 Å². The number of benzene rings is 2. The molecule has 3 rings (SSSR count). The molecule has 6 heteroatoms. The lowest BCUT2D eigenvalue weighted by Gasteiger charge is -2.37. The largest absolute Gasteiger partial charge is 0.493 e. The van der Waals surface area contributed by atoms with Crippen molar-refractivity contribution in [1.82, 2.24) is 4.90 Å². The van der Waals surface area contributed by atoms with Crippen LogP contribution in [0.2, 0.25) is 0 Å². The third kappa shape index (κ3) is 3.74. The number of hydrogen-bond donors (Lipinski definition) is 1. The van der Waals surface area contributed by atoms with Gasteiger partial charge in [-0.3, -0.25) is 9.59 Å². The number of fused-ring (bicyclic) bond motifs is 1. The van der Waals surface area contributed by atoms with E-state index in [0.717, 1.165) is 16.7 Å². The summed E-state index contributed by atoms with van der Waals surface area (Å²) >= 11 is 0. The minimum Gasteiger partial charge on any atom is -0.493 e. The number of aliphatic carboxylic acids is 1. The zero-order valence-corrected chi connectivity index (χ0v) is 15.7. The third-order valence-corrected chi connectivity index (χ3v) is 4.93. The minimum absolute atomic E-state index is 0.165. The highest BCUT2D eigenvalue weighted by molar-refractivity contribution is 5.95. The lowest BCUT2D eigenvalue weighted by atomic mass is 9.89. The smallest absolute Gasteiger partial charge is 0.305 e. The molecule has 1 heterocycles. The van der Waals surface area contributed by atoms with Gasteiger partial charge in [0.15, 0.2) is 11.5 Å². The summed E-state index contributed by atoms with van der Waals surface area (Å²) in [4.78, 5) is 26.2. The number of carbonyl (C=O) groups excluding carboxylic acids is 1. The average Bonchev–Trinajstić information content (AvgIpc) is 2.66. The van der Waals surface area contributed by atoms with Crippen LogP contribution in [0.15, 0.2) is 36.4 Å². The summed E-state index contributed by atoms with van der Waals surface area (Å²) in [5.41, 5.74) is 3.39. The van der Waals surface area contributed by atoms with E-state index < -0.39 is 12.0 Å². The Labute approximate surface area is 158 Å². The first kappa shape index (κ1) is 18.8. The van der Waals surface area contributed by atoms with Gasteiger partial charge in [0.05, 0.1) is 26.7 Å². The first-order valence-electron chi connectivity index (χ1n) is 8.78. The van der Waals surface area contributed by atoms with Gasteiger partial charge < -0.3 is 19.5 Å². The second kappa shape index (κ2) is 7.70. The summed E-state index contributed by atoms with van der Waals surface area (Å²) in [6.07, 6.45) is 0.462. The molecular weight excluding hydrogens is 346 g/mol. The first-order valence-corrected chi connectivity index (χ1v) is 8.78. The Kier molecular flexibility index (Phi) is 5.35. The molecular formula is C21H23NO5. The lowest BCUT2D eigenvalue weighted by Crippen LogP contribution is -2.41. The van der Waals surface area contributed by atoms with Crippen LogP contribution in [-0.2, 0) is 11.2 Å². The Morgan fingerprint density at radius 1 is 1.11 bits per heavy atom. The molecule has 2 aromatic rings. The molecule has 1 aliphatic heterocycles. The number of aryl methyl sites for hydroxylation is 1. The Morgan fingerprint density at radius 2 is 1.74 bits per heavy atom. The van der Waals surface area contributed by atoms with Crippen LogP contribution in [0.3, 0.4) is 0 Å². The van der Waals surface area contributed by atoms with E-state index in [1.54, 1.807) is 30.2 Å². The van der Waals surface area contributed by atoms with Gasteiger partial charge in [0.1, 0.15) is 0 Å². The van der Waals surface area contributed by atoms with Gasteiger partial charge >= 0.3 is 5.97 Å². The van der Waals surface area contributed by atoms with Gasteiger partial charge in [0.2, 0.25) is 0 Å². The van der Waals surface area contributed by atoms with Crippen molar-refractivity contribution in [3.05, 3.63) is 58.7 Å². The van der Waals surface area contributed by atoms with Gasteiger partial charge in [-0.2, -0.15) is 0 Å². The van der Waals surface area contributed by atoms with Gasteiger partial charge in [-0.15, -0.1) is 0 Å². The number of nitrogens with zero attached hydrogens (tertiary/aromatic N) is 1. The quantitative estimate of drug-likeness (QED) is 0.876. The van der Waals surface area contributed by atoms with E-state index in [-0.39, 0.29) is 12.3 Å². The fourth-order valence-corrected chi connectivity index (χ4v) is 3.52. The lowest BCUT2D eigenvalue weighted by molar-refractivity contribution is -0.138. The van der Waals surface area contributed by atoms with Gasteiger partial charge in [-0.05, 0) is 48.7 Å². The second-order valence-electron chi connectivity index (χ2n) is 6.63. The standard InChI is InChI=1S/C21H23NO5/c1-13-4-6-14(7-5-13)21(25)22-9-8-15-10-18(26-2)19(27-3)11-16(15)17(22)12-20(23)24/h4-7,10-11,17H,8-9,12H2,1-3H3,(H,23,24). The molecule has 0 bridgehead atoms. The van der Waals surface area contributed by atoms with Crippen molar-refractivity contribution in [1.29, 1.82) is 0 Å². The highest BCUT2D eigenvalue weighted by Gasteiger charge is 2.34. The SMILES string of the molecule is COc1cc2c(cc1OC)C(CC(=O)O)N(C(=O)c1ccc(C)cc1)CC2. The number of rotatable bonds is 5. The minimum atomic E-state index is -0.954. The Hall–Kier alpha value is -3.02. The van der Waals surface area contributed by atoms with Crippen molar-refractivity contribution in [2.24, 2.45) is 0 Å². The summed E-state index contributed by atoms with van der Waals surface area (Å²) in [5, 5.41) is 9.43. The van der Waals surface area contributed by atoms with Crippen molar-refractivity contribution in [2.45, 2.75) is 25.8 Å². The molecule has 0 spiro atoms. The zero-order valence-electron chi connectivity index (χ0n) is 15.7. The first-order chi connectivity index (χ1) is 12.9. The predicted octanol–water partition coefficient (Wildman–Crippen LogP) is 3.23. The fraction of sp³-hybridized carbons (Fsp3) is 0.333. The Bertz CT molecular complexity index is 860. The van der Waals surface area contributed by atoms with E-state index in [1.165, 1.54) is 7.11 Å². The Balaban J connectivity index is 2.02. The van der Waals surface area contributed by atoms with Crippen molar-refractivity contribution in [3.63, 3.8) is 0 Å². The molecule has 0 saturated heterocycles. The van der Waals surface area contributed by atoms with Gasteiger partial charge in [0, 0.05) is 12.1 Å². The molecule has 0 aromatic heterocycles. The number of methoxy groups -OCH3 is 2. The van der Waals surface area contributed by atoms with E-state index >= 15 is 0 Å². The molecule has 27 heavy (non-hydrogen) atoms. The highest BCUT2D eigenvalue weighted by Crippen LogP contribution is 2.40. The average molecular weight is 369 g/mol. The van der Waals surface area contributed by atoms with Gasteiger partial charge in [-0.1, -0.05) is 17.7 Å². The summed E-state index contributed by atoms with van der Waals surface area (Å²) in [6, 6.07) is 10.4. The van der Waals surface area contributed by atoms with Crippen LogP contribution < -0.4 is 9.47 Å². The predicted molar refractivity (Wildman–Crippen MR) is 100 cm³/mol. The van der Waals surface area contributed by atoms with Crippen LogP contribution in [0.4, 0.5) is 0 Å². The molecule has 2 aromatic carbocycles. The maximum Gasteiger partial charge on any atom is 0.305 e. The van der Waals surface area contributed by atoms with Crippen molar-refractivity contribution < 1.29 is 24.2 Å². The van der Waals surface area contributed by atoms with E-state index in [9.17, 15) is 14.7 Å². The second-order valence-corrected chi connectivity index (χ2v) is 6.63. The highest BCUT2D eigenvalue weighted by atomic mass is 16.5. The van der Waals surface area contributed by atoms with E-state index in [4.69, 9.17) is 9.47 Å². The number of carboxylic acids is 1. The fourth-order valence-electron chi connectivity index (χ4n) is 3.52. The maximum atomic E-state index is 13.1. The number of amides is 1. The van der Waals surface area contributed by atoms with Crippen LogP contribution in [-0.4, -0.2) is 42.6 Å². The van der Waals surface area contributed by atoms with Crippen LogP contribution in [0.25, 0.3) is 0 Å². The van der Waals surface area contributed by atoms with Crippen molar-refractivity contribution >= 4 is 11.9 Å². The maximum absolute atomic E-state index is 13.1. The van der Waals surface area contributed by atoms with Gasteiger partial charge in [-0.25, -0.2) is 0 Å². The molecule has 1 unspecified atom stereocenters. The number of ether oxygens (including phenoxy) is 2. The normalized spacial score (nSPS) is 15.8. The van der Waals surface area contributed by atoms with Crippen LogP contribution >= 0.6 is 0 Å². The van der Waals surface area contributed by atoms with Gasteiger partial charge in [0.25, 0.3) is 5.91 Å². The molecule has 0 radical (unpaired) electrons. The molecule has 6 nitrogen and oxygen atoms in total. The third-order valence-electron chi connectivity index (χ3n) is 4.93. The zero-order chi connectivity index (χ0) is 19.6. The molecule has 142 valence electrons. The monoisotopic (exact) mass is 369 g/mol. The molecule has 1 amide bonds. The molecule has 1 N–H and O–H groups in total. The number of carbonyl (C=O) groups is 2. The summed E-state index contributed by atoms with van der Waals surface area (Å²) in [6.45, 7) is 2.41. The van der Waals surface area contributed by atoms with Crippen LogP contribution in [0, 0.1) is 6.92 Å². The summed E-state index contributed by atoms with van der Waals surface area (Å²) in [7, 11) is 3.10. The van der Waals surface area contributed by atoms with E-state index in [1.807, 2.05) is 25.1 Å². The summed E-state index contributed by atoms with van der Waals surface area (Å²) < 4.78 is 10.7. The summed E-state index contributed by atoms with van der Waals surface area (Å²) in [5.74, 6) is 0.00550. The van der Waals surface area contributed by atoms with Crippen molar-refractivity contribution in [3.8, 4) is 11.5 Å². The molecule has 1 atom stereocenters. The van der Waals surface area contributed by atoms with Crippen LogP contribution in [0.5, 0.6) is 11.5 Å². The van der Waals surface area contributed by atoms with E-state index in [0.29, 0.717) is 30.0 Å². The number of hydrogen-bond acceptors (Lipinski definition) is 4. The molecule has 0 saturated carbocycles. The molecule has 0 fully saturated rings.